The molecule has 4 heteroatoms. The lowest BCUT2D eigenvalue weighted by Crippen LogP contribution is -2.18. The topological polar surface area (TPSA) is 27.7 Å². The first-order valence-corrected chi connectivity index (χ1v) is 18.5. The number of rotatable bonds is 16. The van der Waals surface area contributed by atoms with Gasteiger partial charge in [-0.2, -0.15) is 0 Å². The van der Waals surface area contributed by atoms with Crippen molar-refractivity contribution in [3.8, 4) is 11.5 Å². The molecule has 44 heavy (non-hydrogen) atoms. The van der Waals surface area contributed by atoms with Gasteiger partial charge in [0.1, 0.15) is 11.5 Å². The maximum atomic E-state index is 6.72. The highest BCUT2D eigenvalue weighted by Gasteiger charge is 2.29. The van der Waals surface area contributed by atoms with E-state index in [1.165, 1.54) is 80.0 Å². The van der Waals surface area contributed by atoms with Crippen molar-refractivity contribution in [2.45, 2.75) is 176 Å². The SMILES string of the molecule is CCCCCCCCCCCCOP(Oc1ccc(C(C)(C)C)cc1C(C)(C)C)Oc1ccc(C(C)(C)C)cc1C(C)(C)C. The van der Waals surface area contributed by atoms with Crippen molar-refractivity contribution < 1.29 is 13.6 Å². The van der Waals surface area contributed by atoms with Gasteiger partial charge in [-0.25, -0.2) is 0 Å². The van der Waals surface area contributed by atoms with Crippen LogP contribution in [0.25, 0.3) is 0 Å². The molecule has 2 aromatic rings. The van der Waals surface area contributed by atoms with Gasteiger partial charge in [-0.3, -0.25) is 4.52 Å². The summed E-state index contributed by atoms with van der Waals surface area (Å²) in [5, 5.41) is 0. The van der Waals surface area contributed by atoms with Gasteiger partial charge in [-0.15, -0.1) is 0 Å². The van der Waals surface area contributed by atoms with Gasteiger partial charge in [0.15, 0.2) is 0 Å². The van der Waals surface area contributed by atoms with E-state index in [9.17, 15) is 0 Å². The first kappa shape index (κ1) is 38.6. The molecule has 0 bridgehead atoms. The Bertz CT molecular complexity index is 1050. The van der Waals surface area contributed by atoms with Gasteiger partial charge in [0, 0.05) is 11.1 Å². The molecule has 0 amide bonds. The van der Waals surface area contributed by atoms with Crippen LogP contribution in [0.1, 0.15) is 176 Å². The molecule has 0 radical (unpaired) electrons. The Morgan fingerprint density at radius 3 is 1.18 bits per heavy atom. The molecule has 2 rings (SSSR count). The Balaban J connectivity index is 2.26. The molecule has 0 aliphatic rings. The molecular formula is C40H67O3P. The van der Waals surface area contributed by atoms with Crippen molar-refractivity contribution in [1.82, 2.24) is 0 Å². The molecule has 0 atom stereocenters. The molecule has 2 aromatic carbocycles. The molecule has 3 nitrogen and oxygen atoms in total. The van der Waals surface area contributed by atoms with Crippen LogP contribution in [0.4, 0.5) is 0 Å². The largest absolute Gasteiger partial charge is 0.463 e. The van der Waals surface area contributed by atoms with Crippen LogP contribution in [0.15, 0.2) is 36.4 Å². The zero-order chi connectivity index (χ0) is 33.2. The third-order valence-electron chi connectivity index (χ3n) is 8.35. The van der Waals surface area contributed by atoms with Gasteiger partial charge in [-0.05, 0) is 51.3 Å². The van der Waals surface area contributed by atoms with Crippen LogP contribution in [0, 0.1) is 0 Å². The number of hydrogen-bond donors (Lipinski definition) is 0. The van der Waals surface area contributed by atoms with E-state index in [1.807, 2.05) is 0 Å². The monoisotopic (exact) mass is 626 g/mol. The summed E-state index contributed by atoms with van der Waals surface area (Å²) in [4.78, 5) is 0. The molecule has 0 aliphatic carbocycles. The van der Waals surface area contributed by atoms with Crippen LogP contribution in [-0.2, 0) is 26.2 Å². The minimum absolute atomic E-state index is 0.0577. The Morgan fingerprint density at radius 1 is 0.477 bits per heavy atom. The van der Waals surface area contributed by atoms with E-state index < -0.39 is 8.60 Å². The third kappa shape index (κ3) is 13.0. The lowest BCUT2D eigenvalue weighted by Gasteiger charge is -2.30. The minimum atomic E-state index is -1.65. The van der Waals surface area contributed by atoms with Crippen molar-refractivity contribution >= 4 is 8.60 Å². The average molecular weight is 627 g/mol. The fraction of sp³-hybridized carbons (Fsp3) is 0.700. The molecule has 0 fully saturated rings. The third-order valence-corrected chi connectivity index (χ3v) is 9.43. The minimum Gasteiger partial charge on any atom is -0.417 e. The van der Waals surface area contributed by atoms with Gasteiger partial charge in [0.25, 0.3) is 0 Å². The summed E-state index contributed by atoms with van der Waals surface area (Å²) < 4.78 is 19.9. The quantitative estimate of drug-likeness (QED) is 0.137. The molecule has 250 valence electrons. The van der Waals surface area contributed by atoms with E-state index in [2.05, 4.69) is 126 Å². The molecule has 0 heterocycles. The molecule has 0 spiro atoms. The van der Waals surface area contributed by atoms with Gasteiger partial charge >= 0.3 is 8.60 Å². The zero-order valence-electron chi connectivity index (χ0n) is 30.9. The lowest BCUT2D eigenvalue weighted by molar-refractivity contribution is 0.255. The predicted molar refractivity (Wildman–Crippen MR) is 194 cm³/mol. The standard InChI is InChI=1S/C40H67O3P/c1-14-15-16-17-18-19-20-21-22-23-28-41-44(42-35-26-24-31(37(2,3)4)29-33(35)39(8,9)10)43-36-27-25-32(38(5,6)7)30-34(36)40(11,12)13/h24-27,29-30H,14-23,28H2,1-13H3. The summed E-state index contributed by atoms with van der Waals surface area (Å²) in [6.07, 6.45) is 13.0. The highest BCUT2D eigenvalue weighted by atomic mass is 31.2. The zero-order valence-corrected chi connectivity index (χ0v) is 31.8. The maximum absolute atomic E-state index is 6.72. The Morgan fingerprint density at radius 2 is 0.841 bits per heavy atom. The van der Waals surface area contributed by atoms with Crippen molar-refractivity contribution in [3.05, 3.63) is 58.7 Å². The molecule has 0 N–H and O–H groups in total. The molecule has 0 unspecified atom stereocenters. The summed E-state index contributed by atoms with van der Waals surface area (Å²) in [7, 11) is -1.65. The van der Waals surface area contributed by atoms with Gasteiger partial charge in [0.05, 0.1) is 6.61 Å². The van der Waals surface area contributed by atoms with E-state index in [4.69, 9.17) is 13.6 Å². The van der Waals surface area contributed by atoms with Crippen molar-refractivity contribution in [1.29, 1.82) is 0 Å². The van der Waals surface area contributed by atoms with Gasteiger partial charge in [-0.1, -0.05) is 172 Å². The Hall–Kier alpha value is -1.57. The van der Waals surface area contributed by atoms with Crippen molar-refractivity contribution in [2.24, 2.45) is 0 Å². The van der Waals surface area contributed by atoms with Gasteiger partial charge < -0.3 is 9.05 Å². The second kappa shape index (κ2) is 16.8. The average Bonchev–Trinajstić information content (AvgIpc) is 2.89. The molecule has 0 saturated heterocycles. The first-order chi connectivity index (χ1) is 20.3. The summed E-state index contributed by atoms with van der Waals surface area (Å²) in [6, 6.07) is 13.2. The van der Waals surface area contributed by atoms with Crippen molar-refractivity contribution in [2.75, 3.05) is 6.61 Å². The summed E-state index contributed by atoms with van der Waals surface area (Å²) in [5.74, 6) is 1.70. The molecule has 0 saturated carbocycles. The first-order valence-electron chi connectivity index (χ1n) is 17.4. The maximum Gasteiger partial charge on any atom is 0.463 e. The van der Waals surface area contributed by atoms with Crippen molar-refractivity contribution in [3.63, 3.8) is 0 Å². The number of hydrogen-bond acceptors (Lipinski definition) is 3. The molecular weight excluding hydrogens is 559 g/mol. The number of unbranched alkanes of at least 4 members (excludes halogenated alkanes) is 9. The summed E-state index contributed by atoms with van der Waals surface area (Å²) in [6.45, 7) is 30.0. The summed E-state index contributed by atoms with van der Waals surface area (Å²) in [5.41, 5.74) is 4.92. The van der Waals surface area contributed by atoms with E-state index in [0.29, 0.717) is 6.61 Å². The predicted octanol–water partition coefficient (Wildman–Crippen LogP) is 13.5. The smallest absolute Gasteiger partial charge is 0.417 e. The second-order valence-corrected chi connectivity index (χ2v) is 17.9. The normalized spacial score (nSPS) is 13.0. The lowest BCUT2D eigenvalue weighted by atomic mass is 9.80. The second-order valence-electron chi connectivity index (χ2n) is 16.8. The molecule has 0 aromatic heterocycles. The van der Waals surface area contributed by atoms with Crippen LogP contribution in [0.3, 0.4) is 0 Å². The summed E-state index contributed by atoms with van der Waals surface area (Å²) >= 11 is 0. The number of benzene rings is 2. The fourth-order valence-corrected chi connectivity index (χ4v) is 6.35. The van der Waals surface area contributed by atoms with Crippen LogP contribution in [0.5, 0.6) is 11.5 Å². The highest BCUT2D eigenvalue weighted by molar-refractivity contribution is 7.42. The highest BCUT2D eigenvalue weighted by Crippen LogP contribution is 2.48. The molecule has 0 aliphatic heterocycles. The van der Waals surface area contributed by atoms with E-state index >= 15 is 0 Å². The van der Waals surface area contributed by atoms with Crippen LogP contribution >= 0.6 is 8.60 Å². The Kier molecular flexibility index (Phi) is 14.8. The van der Waals surface area contributed by atoms with Crippen LogP contribution < -0.4 is 9.05 Å². The van der Waals surface area contributed by atoms with E-state index in [-0.39, 0.29) is 21.7 Å². The van der Waals surface area contributed by atoms with E-state index in [1.54, 1.807) is 0 Å². The van der Waals surface area contributed by atoms with Gasteiger partial charge in [0.2, 0.25) is 0 Å². The van der Waals surface area contributed by atoms with Crippen LogP contribution in [-0.4, -0.2) is 6.61 Å². The van der Waals surface area contributed by atoms with Crippen LogP contribution in [0.2, 0.25) is 0 Å². The van der Waals surface area contributed by atoms with E-state index in [0.717, 1.165) is 17.9 Å². The fourth-order valence-electron chi connectivity index (χ4n) is 5.28. The Labute approximate surface area is 274 Å².